The molecule has 0 saturated heterocycles. The summed E-state index contributed by atoms with van der Waals surface area (Å²) in [6, 6.07) is 12.1. The number of anilines is 1. The van der Waals surface area contributed by atoms with Crippen LogP contribution < -0.4 is 5.73 Å². The number of halogens is 1. The van der Waals surface area contributed by atoms with Crippen LogP contribution in [0.2, 0.25) is 0 Å². The maximum absolute atomic E-state index is 12.3. The summed E-state index contributed by atoms with van der Waals surface area (Å²) in [5.74, 6) is -0.00539. The Kier molecular flexibility index (Phi) is 4.29. The quantitative estimate of drug-likeness (QED) is 0.848. The summed E-state index contributed by atoms with van der Waals surface area (Å²) in [6.07, 6.45) is 0. The Bertz CT molecular complexity index is 644. The Labute approximate surface area is 126 Å². The Morgan fingerprint density at radius 1 is 1.30 bits per heavy atom. The minimum Gasteiger partial charge on any atom is -0.508 e. The standard InChI is InChI=1S/C15H15BrN2O2/c1-18(9-10-4-2-3-5-14(10)19)15(20)12-7-6-11(16)8-13(12)17/h2-8,19H,9,17H2,1H3. The number of hydrogen-bond acceptors (Lipinski definition) is 3. The fourth-order valence-corrected chi connectivity index (χ4v) is 2.28. The van der Waals surface area contributed by atoms with Crippen LogP contribution in [0.5, 0.6) is 5.75 Å². The molecule has 0 aromatic heterocycles. The molecule has 4 nitrogen and oxygen atoms in total. The van der Waals surface area contributed by atoms with Gasteiger partial charge in [0.2, 0.25) is 0 Å². The first-order chi connectivity index (χ1) is 9.49. The number of carbonyl (C=O) groups is 1. The summed E-state index contributed by atoms with van der Waals surface area (Å²) in [7, 11) is 1.68. The Balaban J connectivity index is 2.19. The van der Waals surface area contributed by atoms with Crippen molar-refractivity contribution >= 4 is 27.5 Å². The number of nitrogens with zero attached hydrogens (tertiary/aromatic N) is 1. The van der Waals surface area contributed by atoms with Crippen LogP contribution in [-0.2, 0) is 6.54 Å². The van der Waals surface area contributed by atoms with Crippen molar-refractivity contribution in [2.75, 3.05) is 12.8 Å². The van der Waals surface area contributed by atoms with Crippen LogP contribution in [0.1, 0.15) is 15.9 Å². The Morgan fingerprint density at radius 2 is 2.00 bits per heavy atom. The lowest BCUT2D eigenvalue weighted by atomic mass is 10.1. The van der Waals surface area contributed by atoms with Crippen molar-refractivity contribution in [2.45, 2.75) is 6.54 Å². The lowest BCUT2D eigenvalue weighted by Gasteiger charge is -2.19. The fourth-order valence-electron chi connectivity index (χ4n) is 1.91. The molecule has 0 saturated carbocycles. The third-order valence-corrected chi connectivity index (χ3v) is 3.48. The lowest BCUT2D eigenvalue weighted by molar-refractivity contribution is 0.0785. The van der Waals surface area contributed by atoms with Crippen LogP contribution in [0, 0.1) is 0 Å². The summed E-state index contributed by atoms with van der Waals surface area (Å²) in [4.78, 5) is 13.9. The zero-order valence-electron chi connectivity index (χ0n) is 11.0. The van der Waals surface area contributed by atoms with Gasteiger partial charge in [0.05, 0.1) is 5.56 Å². The molecule has 0 bridgehead atoms. The average Bonchev–Trinajstić information content (AvgIpc) is 2.40. The molecular formula is C15H15BrN2O2. The maximum atomic E-state index is 12.3. The predicted molar refractivity (Wildman–Crippen MR) is 82.5 cm³/mol. The van der Waals surface area contributed by atoms with Gasteiger partial charge in [-0.2, -0.15) is 0 Å². The summed E-state index contributed by atoms with van der Waals surface area (Å²) in [6.45, 7) is 0.320. The molecule has 20 heavy (non-hydrogen) atoms. The molecule has 2 aromatic rings. The number of rotatable bonds is 3. The van der Waals surface area contributed by atoms with E-state index in [1.807, 2.05) is 6.07 Å². The largest absolute Gasteiger partial charge is 0.508 e. The molecule has 0 radical (unpaired) electrons. The molecule has 0 atom stereocenters. The van der Waals surface area contributed by atoms with Crippen molar-refractivity contribution in [1.82, 2.24) is 4.90 Å². The highest BCUT2D eigenvalue weighted by molar-refractivity contribution is 9.10. The van der Waals surface area contributed by atoms with E-state index < -0.39 is 0 Å². The van der Waals surface area contributed by atoms with Crippen molar-refractivity contribution in [3.8, 4) is 5.75 Å². The Hall–Kier alpha value is -2.01. The molecule has 3 N–H and O–H groups in total. The first-order valence-electron chi connectivity index (χ1n) is 6.06. The minimum absolute atomic E-state index is 0.177. The number of hydrogen-bond donors (Lipinski definition) is 2. The van der Waals surface area contributed by atoms with E-state index in [2.05, 4.69) is 15.9 Å². The maximum Gasteiger partial charge on any atom is 0.255 e. The van der Waals surface area contributed by atoms with E-state index in [-0.39, 0.29) is 11.7 Å². The number of amides is 1. The normalized spacial score (nSPS) is 10.3. The summed E-state index contributed by atoms with van der Waals surface area (Å²) in [5, 5.41) is 9.73. The minimum atomic E-state index is -0.182. The van der Waals surface area contributed by atoms with Crippen LogP contribution in [0.4, 0.5) is 5.69 Å². The molecule has 0 aliphatic rings. The van der Waals surface area contributed by atoms with Gasteiger partial charge in [-0.3, -0.25) is 4.79 Å². The van der Waals surface area contributed by atoms with Gasteiger partial charge in [0, 0.05) is 29.3 Å². The molecule has 0 fully saturated rings. The molecule has 104 valence electrons. The third-order valence-electron chi connectivity index (χ3n) is 2.99. The van der Waals surface area contributed by atoms with Crippen LogP contribution in [0.3, 0.4) is 0 Å². The first kappa shape index (κ1) is 14.4. The number of nitrogens with two attached hydrogens (primary N) is 1. The number of carbonyl (C=O) groups excluding carboxylic acids is 1. The molecule has 0 heterocycles. The van der Waals surface area contributed by atoms with Crippen LogP contribution in [0.25, 0.3) is 0 Å². The zero-order chi connectivity index (χ0) is 14.7. The second-order valence-electron chi connectivity index (χ2n) is 4.52. The smallest absolute Gasteiger partial charge is 0.255 e. The highest BCUT2D eigenvalue weighted by Gasteiger charge is 2.16. The lowest BCUT2D eigenvalue weighted by Crippen LogP contribution is -2.27. The number of phenolic OH excluding ortho intramolecular Hbond substituents is 1. The number of phenols is 1. The zero-order valence-corrected chi connectivity index (χ0v) is 12.6. The highest BCUT2D eigenvalue weighted by atomic mass is 79.9. The highest BCUT2D eigenvalue weighted by Crippen LogP contribution is 2.22. The molecule has 2 rings (SSSR count). The average molecular weight is 335 g/mol. The molecule has 5 heteroatoms. The number of aromatic hydroxyl groups is 1. The SMILES string of the molecule is CN(Cc1ccccc1O)C(=O)c1ccc(Br)cc1N. The van der Waals surface area contributed by atoms with Gasteiger partial charge < -0.3 is 15.7 Å². The monoisotopic (exact) mass is 334 g/mol. The van der Waals surface area contributed by atoms with E-state index in [0.717, 1.165) is 4.47 Å². The van der Waals surface area contributed by atoms with Gasteiger partial charge >= 0.3 is 0 Å². The van der Waals surface area contributed by atoms with Gasteiger partial charge in [-0.25, -0.2) is 0 Å². The van der Waals surface area contributed by atoms with Gasteiger partial charge in [-0.05, 0) is 24.3 Å². The topological polar surface area (TPSA) is 66.6 Å². The van der Waals surface area contributed by atoms with E-state index in [0.29, 0.717) is 23.4 Å². The molecule has 0 spiro atoms. The van der Waals surface area contributed by atoms with Gasteiger partial charge in [0.25, 0.3) is 5.91 Å². The number of nitrogen functional groups attached to an aromatic ring is 1. The second-order valence-corrected chi connectivity index (χ2v) is 5.44. The summed E-state index contributed by atoms with van der Waals surface area (Å²) >= 11 is 3.31. The van der Waals surface area contributed by atoms with Gasteiger partial charge in [-0.15, -0.1) is 0 Å². The van der Waals surface area contributed by atoms with E-state index in [1.165, 1.54) is 4.90 Å². The fraction of sp³-hybridized carbons (Fsp3) is 0.133. The van der Waals surface area contributed by atoms with Gasteiger partial charge in [0.1, 0.15) is 5.75 Å². The third kappa shape index (κ3) is 3.11. The van der Waals surface area contributed by atoms with E-state index in [9.17, 15) is 9.90 Å². The van der Waals surface area contributed by atoms with Gasteiger partial charge in [-0.1, -0.05) is 34.1 Å². The van der Waals surface area contributed by atoms with Gasteiger partial charge in [0.15, 0.2) is 0 Å². The first-order valence-corrected chi connectivity index (χ1v) is 6.85. The van der Waals surface area contributed by atoms with E-state index >= 15 is 0 Å². The molecular weight excluding hydrogens is 320 g/mol. The van der Waals surface area contributed by atoms with Crippen LogP contribution in [0.15, 0.2) is 46.9 Å². The summed E-state index contributed by atoms with van der Waals surface area (Å²) < 4.78 is 0.829. The van der Waals surface area contributed by atoms with Crippen molar-refractivity contribution < 1.29 is 9.90 Å². The summed E-state index contributed by atoms with van der Waals surface area (Å²) in [5.41, 5.74) is 7.42. The van der Waals surface area contributed by atoms with Crippen molar-refractivity contribution in [1.29, 1.82) is 0 Å². The molecule has 0 aliphatic carbocycles. The molecule has 0 unspecified atom stereocenters. The number of para-hydroxylation sites is 1. The van der Waals surface area contributed by atoms with E-state index in [1.54, 1.807) is 43.4 Å². The predicted octanol–water partition coefficient (Wildman–Crippen LogP) is 3.01. The van der Waals surface area contributed by atoms with Crippen LogP contribution >= 0.6 is 15.9 Å². The van der Waals surface area contributed by atoms with Crippen molar-refractivity contribution in [3.63, 3.8) is 0 Å². The van der Waals surface area contributed by atoms with E-state index in [4.69, 9.17) is 5.73 Å². The Morgan fingerprint density at radius 3 is 2.65 bits per heavy atom. The second kappa shape index (κ2) is 5.96. The molecule has 1 amide bonds. The molecule has 2 aromatic carbocycles. The van der Waals surface area contributed by atoms with Crippen molar-refractivity contribution in [3.05, 3.63) is 58.1 Å². The van der Waals surface area contributed by atoms with Crippen molar-refractivity contribution in [2.24, 2.45) is 0 Å². The molecule has 0 aliphatic heterocycles. The number of benzene rings is 2. The van der Waals surface area contributed by atoms with Crippen LogP contribution in [-0.4, -0.2) is 23.0 Å².